The normalized spacial score (nSPS) is 12.9. The molecule has 4 heteroatoms. The van der Waals surface area contributed by atoms with Gasteiger partial charge >= 0.3 is 0 Å². The van der Waals surface area contributed by atoms with Crippen molar-refractivity contribution in [1.29, 1.82) is 0 Å². The first-order chi connectivity index (χ1) is 7.31. The topological polar surface area (TPSA) is 47.7 Å². The lowest BCUT2D eigenvalue weighted by Gasteiger charge is -2.18. The maximum absolute atomic E-state index is 5.47. The third kappa shape index (κ3) is 2.15. The molecule has 1 aliphatic rings. The molecule has 2 N–H and O–H groups in total. The third-order valence-corrected chi connectivity index (χ3v) is 2.49. The van der Waals surface area contributed by atoms with Crippen molar-refractivity contribution in [2.45, 2.75) is 6.42 Å². The molecule has 0 spiro atoms. The molecule has 1 aromatic carbocycles. The highest BCUT2D eigenvalue weighted by Gasteiger charge is 2.14. The maximum atomic E-state index is 5.47. The summed E-state index contributed by atoms with van der Waals surface area (Å²) in [5, 5.41) is 0. The molecule has 0 aromatic heterocycles. The quantitative estimate of drug-likeness (QED) is 0.807. The van der Waals surface area contributed by atoms with Crippen molar-refractivity contribution in [2.75, 3.05) is 31.8 Å². The Hall–Kier alpha value is -1.42. The minimum absolute atomic E-state index is 0.325. The number of nitrogens with two attached hydrogens (primary N) is 1. The van der Waals surface area contributed by atoms with Gasteiger partial charge in [-0.05, 0) is 25.1 Å². The largest absolute Gasteiger partial charge is 0.454 e. The van der Waals surface area contributed by atoms with Crippen molar-refractivity contribution in [1.82, 2.24) is 0 Å². The lowest BCUT2D eigenvalue weighted by molar-refractivity contribution is 0.174. The van der Waals surface area contributed by atoms with Crippen molar-refractivity contribution in [3.05, 3.63) is 18.2 Å². The predicted molar refractivity (Wildman–Crippen MR) is 59.5 cm³/mol. The fraction of sp³-hybridized carbons (Fsp3) is 0.455. The fourth-order valence-electron chi connectivity index (χ4n) is 1.58. The maximum Gasteiger partial charge on any atom is 0.231 e. The van der Waals surface area contributed by atoms with E-state index in [2.05, 4.69) is 4.90 Å². The fourth-order valence-corrected chi connectivity index (χ4v) is 1.58. The summed E-state index contributed by atoms with van der Waals surface area (Å²) in [4.78, 5) is 2.16. The number of hydrogen-bond donors (Lipinski definition) is 1. The Bertz CT molecular complexity index is 341. The van der Waals surface area contributed by atoms with Gasteiger partial charge in [0.1, 0.15) is 0 Å². The smallest absolute Gasteiger partial charge is 0.231 e. The van der Waals surface area contributed by atoms with Crippen LogP contribution in [0.5, 0.6) is 11.5 Å². The molecule has 0 unspecified atom stereocenters. The molecule has 0 saturated heterocycles. The molecule has 1 heterocycles. The van der Waals surface area contributed by atoms with Gasteiger partial charge in [-0.1, -0.05) is 0 Å². The second kappa shape index (κ2) is 4.40. The van der Waals surface area contributed by atoms with Gasteiger partial charge in [0.2, 0.25) is 6.79 Å². The van der Waals surface area contributed by atoms with Gasteiger partial charge in [-0.2, -0.15) is 0 Å². The van der Waals surface area contributed by atoms with E-state index in [-0.39, 0.29) is 0 Å². The van der Waals surface area contributed by atoms with Crippen LogP contribution in [0.15, 0.2) is 18.2 Å². The van der Waals surface area contributed by atoms with Crippen molar-refractivity contribution >= 4 is 5.69 Å². The van der Waals surface area contributed by atoms with Crippen LogP contribution >= 0.6 is 0 Å². The third-order valence-electron chi connectivity index (χ3n) is 2.49. The molecule has 4 nitrogen and oxygen atoms in total. The molecule has 0 fully saturated rings. The number of ether oxygens (including phenoxy) is 2. The second-order valence-corrected chi connectivity index (χ2v) is 3.60. The van der Waals surface area contributed by atoms with Crippen LogP contribution in [0.2, 0.25) is 0 Å². The summed E-state index contributed by atoms with van der Waals surface area (Å²) in [6.07, 6.45) is 0.991. The Kier molecular flexibility index (Phi) is 2.97. The van der Waals surface area contributed by atoms with Crippen LogP contribution in [-0.4, -0.2) is 26.9 Å². The minimum atomic E-state index is 0.325. The molecule has 1 aromatic rings. The van der Waals surface area contributed by atoms with E-state index in [4.69, 9.17) is 15.2 Å². The number of rotatable bonds is 4. The Labute approximate surface area is 89.6 Å². The van der Waals surface area contributed by atoms with Gasteiger partial charge in [0.25, 0.3) is 0 Å². The summed E-state index contributed by atoms with van der Waals surface area (Å²) in [5.74, 6) is 1.65. The highest BCUT2D eigenvalue weighted by Crippen LogP contribution is 2.35. The average Bonchev–Trinajstić information content (AvgIpc) is 2.72. The van der Waals surface area contributed by atoms with Crippen LogP contribution < -0.4 is 20.1 Å². The van der Waals surface area contributed by atoms with E-state index in [1.807, 2.05) is 25.2 Å². The predicted octanol–water partition coefficient (Wildman–Crippen LogP) is 1.20. The molecule has 15 heavy (non-hydrogen) atoms. The van der Waals surface area contributed by atoms with E-state index in [0.717, 1.165) is 36.7 Å². The molecule has 0 bridgehead atoms. The molecule has 0 amide bonds. The van der Waals surface area contributed by atoms with E-state index >= 15 is 0 Å². The summed E-state index contributed by atoms with van der Waals surface area (Å²) in [6.45, 7) is 2.00. The van der Waals surface area contributed by atoms with Crippen LogP contribution in [0, 0.1) is 0 Å². The van der Waals surface area contributed by atoms with Gasteiger partial charge in [-0.15, -0.1) is 0 Å². The van der Waals surface area contributed by atoms with Crippen LogP contribution in [0.4, 0.5) is 5.69 Å². The number of fused-ring (bicyclic) bond motifs is 1. The van der Waals surface area contributed by atoms with E-state index in [9.17, 15) is 0 Å². The first-order valence-electron chi connectivity index (χ1n) is 5.12. The molecule has 82 valence electrons. The van der Waals surface area contributed by atoms with Gasteiger partial charge in [0, 0.05) is 25.3 Å². The van der Waals surface area contributed by atoms with Crippen molar-refractivity contribution < 1.29 is 9.47 Å². The first kappa shape index (κ1) is 10.1. The zero-order valence-corrected chi connectivity index (χ0v) is 8.90. The number of anilines is 1. The lowest BCUT2D eigenvalue weighted by Crippen LogP contribution is -2.20. The second-order valence-electron chi connectivity index (χ2n) is 3.60. The van der Waals surface area contributed by atoms with Crippen LogP contribution in [0.3, 0.4) is 0 Å². The Morgan fingerprint density at radius 3 is 2.93 bits per heavy atom. The summed E-state index contributed by atoms with van der Waals surface area (Å²) in [7, 11) is 2.05. The zero-order chi connectivity index (χ0) is 10.7. The number of hydrogen-bond acceptors (Lipinski definition) is 4. The van der Waals surface area contributed by atoms with Crippen LogP contribution in [0.1, 0.15) is 6.42 Å². The van der Waals surface area contributed by atoms with Gasteiger partial charge in [-0.3, -0.25) is 0 Å². The Balaban J connectivity index is 2.08. The molecule has 0 radical (unpaired) electrons. The minimum Gasteiger partial charge on any atom is -0.454 e. The molecule has 2 rings (SSSR count). The number of nitrogens with zero attached hydrogens (tertiary/aromatic N) is 1. The molecule has 0 aliphatic carbocycles. The highest BCUT2D eigenvalue weighted by molar-refractivity contribution is 5.56. The number of benzene rings is 1. The molecule has 0 atom stereocenters. The Morgan fingerprint density at radius 2 is 2.13 bits per heavy atom. The zero-order valence-electron chi connectivity index (χ0n) is 8.90. The van der Waals surface area contributed by atoms with Gasteiger partial charge in [0.05, 0.1) is 0 Å². The SMILES string of the molecule is CN(CCCN)c1ccc2c(c1)OCO2. The highest BCUT2D eigenvalue weighted by atomic mass is 16.7. The van der Waals surface area contributed by atoms with Crippen LogP contribution in [0.25, 0.3) is 0 Å². The van der Waals surface area contributed by atoms with E-state index in [0.29, 0.717) is 6.79 Å². The van der Waals surface area contributed by atoms with Crippen molar-refractivity contribution in [3.8, 4) is 11.5 Å². The van der Waals surface area contributed by atoms with E-state index < -0.39 is 0 Å². The monoisotopic (exact) mass is 208 g/mol. The molecule has 1 aliphatic heterocycles. The average molecular weight is 208 g/mol. The first-order valence-corrected chi connectivity index (χ1v) is 5.12. The van der Waals surface area contributed by atoms with Gasteiger partial charge < -0.3 is 20.1 Å². The van der Waals surface area contributed by atoms with Crippen LogP contribution in [-0.2, 0) is 0 Å². The molecular formula is C11H16N2O2. The summed E-state index contributed by atoms with van der Waals surface area (Å²) < 4.78 is 10.6. The van der Waals surface area contributed by atoms with Crippen molar-refractivity contribution in [3.63, 3.8) is 0 Å². The summed E-state index contributed by atoms with van der Waals surface area (Å²) in [6, 6.07) is 5.97. The van der Waals surface area contributed by atoms with Gasteiger partial charge in [0.15, 0.2) is 11.5 Å². The van der Waals surface area contributed by atoms with E-state index in [1.54, 1.807) is 0 Å². The Morgan fingerprint density at radius 1 is 1.33 bits per heavy atom. The summed E-state index contributed by atoms with van der Waals surface area (Å²) >= 11 is 0. The molecular weight excluding hydrogens is 192 g/mol. The lowest BCUT2D eigenvalue weighted by atomic mass is 10.2. The standard InChI is InChI=1S/C11H16N2O2/c1-13(6-2-5-12)9-3-4-10-11(7-9)15-8-14-10/h3-4,7H,2,5-6,8,12H2,1H3. The van der Waals surface area contributed by atoms with E-state index in [1.165, 1.54) is 0 Å². The van der Waals surface area contributed by atoms with Gasteiger partial charge in [-0.25, -0.2) is 0 Å². The van der Waals surface area contributed by atoms with Crippen molar-refractivity contribution in [2.24, 2.45) is 5.73 Å². The summed E-state index contributed by atoms with van der Waals surface area (Å²) in [5.41, 5.74) is 6.61. The molecule has 0 saturated carbocycles.